The molecule has 3 fully saturated rings. The van der Waals surface area contributed by atoms with Crippen LogP contribution in [0.4, 0.5) is 20.4 Å². The van der Waals surface area contributed by atoms with E-state index in [9.17, 15) is 18.8 Å². The van der Waals surface area contributed by atoms with Gasteiger partial charge in [-0.1, -0.05) is 36.1 Å². The van der Waals surface area contributed by atoms with E-state index in [2.05, 4.69) is 32.8 Å². The number of nitrogen functional groups attached to an aromatic ring is 1. The number of anilines is 2. The maximum absolute atomic E-state index is 14.5. The highest BCUT2D eigenvalue weighted by Crippen LogP contribution is 2.48. The number of nitrogens with two attached hydrogens (primary N) is 1. The van der Waals surface area contributed by atoms with Crippen LogP contribution in [0.25, 0.3) is 16.6 Å². The van der Waals surface area contributed by atoms with Crippen molar-refractivity contribution in [3.63, 3.8) is 0 Å². The molecule has 2 N–H and O–H groups in total. The number of para-hydroxylation sites is 1. The van der Waals surface area contributed by atoms with Crippen molar-refractivity contribution in [3.8, 4) is 23.6 Å². The van der Waals surface area contributed by atoms with Gasteiger partial charge in [0.1, 0.15) is 29.6 Å². The monoisotopic (exact) mass is 620 g/mol. The number of piperidine rings is 1. The molecule has 9 nitrogen and oxygen atoms in total. The van der Waals surface area contributed by atoms with Crippen molar-refractivity contribution < 1.29 is 8.78 Å². The van der Waals surface area contributed by atoms with Crippen molar-refractivity contribution in [1.29, 1.82) is 5.26 Å². The Morgan fingerprint density at radius 1 is 0.978 bits per heavy atom. The molecule has 11 heteroatoms. The van der Waals surface area contributed by atoms with Crippen LogP contribution in [0.5, 0.6) is 0 Å². The van der Waals surface area contributed by atoms with Gasteiger partial charge in [0.25, 0.3) is 5.56 Å². The van der Waals surface area contributed by atoms with Gasteiger partial charge in [-0.3, -0.25) is 14.3 Å². The standard InChI is InChI=1S/C35H34F2N8O/c36-35(37)19-25(20-35)23-13-17-43(18-14-23)15-5-8-24-7-4-11-28-30(24)34(46)45(26-9-2-1-3-10-26)33(42-28)29-12-6-16-44(29)32-27(21-38)31(39)40-22-41-32/h1-4,7,9-11,22-23,25,29H,6,12-20H2,(H2,39,40,41)/t29-/m0/s1. The molecule has 2 aliphatic heterocycles. The van der Waals surface area contributed by atoms with E-state index in [-0.39, 0.29) is 41.7 Å². The van der Waals surface area contributed by atoms with E-state index in [0.717, 1.165) is 32.4 Å². The molecule has 46 heavy (non-hydrogen) atoms. The van der Waals surface area contributed by atoms with Crippen molar-refractivity contribution >= 4 is 22.5 Å². The Bertz CT molecular complexity index is 1930. The number of nitrogens with zero attached hydrogens (tertiary/aromatic N) is 7. The number of fused-ring (bicyclic) bond motifs is 1. The average molecular weight is 621 g/mol. The van der Waals surface area contributed by atoms with Gasteiger partial charge >= 0.3 is 0 Å². The van der Waals surface area contributed by atoms with Crippen molar-refractivity contribution in [1.82, 2.24) is 24.4 Å². The van der Waals surface area contributed by atoms with Crippen molar-refractivity contribution in [3.05, 3.63) is 82.2 Å². The number of likely N-dealkylation sites (tertiary alicyclic amines) is 1. The van der Waals surface area contributed by atoms with Crippen LogP contribution in [0.2, 0.25) is 0 Å². The second kappa shape index (κ2) is 12.1. The Hall–Kier alpha value is -4.87. The zero-order chi connectivity index (χ0) is 31.8. The number of rotatable bonds is 5. The van der Waals surface area contributed by atoms with Gasteiger partial charge in [-0.2, -0.15) is 5.26 Å². The Balaban J connectivity index is 1.21. The van der Waals surface area contributed by atoms with Crippen LogP contribution in [-0.4, -0.2) is 56.5 Å². The van der Waals surface area contributed by atoms with Gasteiger partial charge in [-0.05, 0) is 74.9 Å². The SMILES string of the molecule is N#Cc1c(N)ncnc1N1CCC[C@H]1c1nc2cccc(C#CCN3CCC(C4CC(F)(F)C4)CC3)c2c(=O)n1-c1ccccc1. The van der Waals surface area contributed by atoms with Gasteiger partial charge in [-0.15, -0.1) is 0 Å². The fraction of sp³-hybridized carbons (Fsp3) is 0.400. The third-order valence-corrected chi connectivity index (χ3v) is 9.68. The number of nitriles is 1. The lowest BCUT2D eigenvalue weighted by atomic mass is 9.70. The zero-order valence-corrected chi connectivity index (χ0v) is 25.4. The highest BCUT2D eigenvalue weighted by molar-refractivity contribution is 5.85. The Morgan fingerprint density at radius 3 is 2.50 bits per heavy atom. The first-order chi connectivity index (χ1) is 22.3. The van der Waals surface area contributed by atoms with Crippen molar-refractivity contribution in [2.45, 2.75) is 50.5 Å². The van der Waals surface area contributed by atoms with Gasteiger partial charge in [0, 0.05) is 24.9 Å². The molecule has 0 radical (unpaired) electrons. The van der Waals surface area contributed by atoms with Crippen LogP contribution in [0.1, 0.15) is 61.5 Å². The number of hydrogen-bond acceptors (Lipinski definition) is 8. The predicted octanol–water partition coefficient (Wildman–Crippen LogP) is 5.08. The van der Waals surface area contributed by atoms with Crippen LogP contribution in [0.15, 0.2) is 59.7 Å². The lowest BCUT2D eigenvalue weighted by Crippen LogP contribution is -2.44. The molecule has 234 valence electrons. The van der Waals surface area contributed by atoms with E-state index in [1.165, 1.54) is 6.33 Å². The van der Waals surface area contributed by atoms with Gasteiger partial charge in [0.05, 0.1) is 29.2 Å². The van der Waals surface area contributed by atoms with E-state index in [1.807, 2.05) is 53.4 Å². The summed E-state index contributed by atoms with van der Waals surface area (Å²) in [6, 6.07) is 16.8. The molecule has 4 heterocycles. The van der Waals surface area contributed by atoms with Gasteiger partial charge in [0.15, 0.2) is 5.82 Å². The Morgan fingerprint density at radius 2 is 1.76 bits per heavy atom. The molecule has 0 bridgehead atoms. The van der Waals surface area contributed by atoms with Crippen LogP contribution < -0.4 is 16.2 Å². The molecular formula is C35H34F2N8O. The molecule has 2 aromatic carbocycles. The molecule has 1 aliphatic carbocycles. The first-order valence-corrected chi connectivity index (χ1v) is 15.8. The summed E-state index contributed by atoms with van der Waals surface area (Å²) >= 11 is 0. The zero-order valence-electron chi connectivity index (χ0n) is 25.4. The minimum absolute atomic E-state index is 0.0315. The highest BCUT2D eigenvalue weighted by atomic mass is 19.3. The topological polar surface area (TPSA) is 117 Å². The summed E-state index contributed by atoms with van der Waals surface area (Å²) in [7, 11) is 0. The third kappa shape index (κ3) is 5.56. The summed E-state index contributed by atoms with van der Waals surface area (Å²) in [5.74, 6) is 5.65. The van der Waals surface area contributed by atoms with Crippen molar-refractivity contribution in [2.75, 3.05) is 36.8 Å². The molecule has 7 rings (SSSR count). The quantitative estimate of drug-likeness (QED) is 0.307. The summed E-state index contributed by atoms with van der Waals surface area (Å²) in [6.07, 6.45) is 4.77. The Labute approximate surface area is 265 Å². The highest BCUT2D eigenvalue weighted by Gasteiger charge is 2.48. The Kier molecular flexibility index (Phi) is 7.87. The lowest BCUT2D eigenvalue weighted by molar-refractivity contribution is -0.131. The summed E-state index contributed by atoms with van der Waals surface area (Å²) in [5, 5.41) is 10.3. The maximum atomic E-state index is 14.5. The van der Waals surface area contributed by atoms with Gasteiger partial charge in [0.2, 0.25) is 5.92 Å². The largest absolute Gasteiger partial charge is 0.382 e. The van der Waals surface area contributed by atoms with E-state index in [4.69, 9.17) is 10.7 Å². The molecule has 3 aliphatic rings. The number of halogens is 2. The van der Waals surface area contributed by atoms with Gasteiger partial charge < -0.3 is 10.6 Å². The smallest absolute Gasteiger partial charge is 0.267 e. The van der Waals surface area contributed by atoms with E-state index >= 15 is 0 Å². The normalized spacial score (nSPS) is 20.2. The molecule has 2 aromatic heterocycles. The van der Waals surface area contributed by atoms with Crippen LogP contribution >= 0.6 is 0 Å². The fourth-order valence-corrected chi connectivity index (χ4v) is 7.27. The minimum atomic E-state index is -2.47. The number of benzene rings is 2. The summed E-state index contributed by atoms with van der Waals surface area (Å²) in [4.78, 5) is 32.2. The second-order valence-corrected chi connectivity index (χ2v) is 12.5. The molecule has 4 aromatic rings. The molecule has 1 saturated carbocycles. The number of aromatic nitrogens is 4. The fourth-order valence-electron chi connectivity index (χ4n) is 7.27. The molecule has 2 saturated heterocycles. The predicted molar refractivity (Wildman–Crippen MR) is 172 cm³/mol. The van der Waals surface area contributed by atoms with Crippen LogP contribution in [0, 0.1) is 35.0 Å². The second-order valence-electron chi connectivity index (χ2n) is 12.5. The minimum Gasteiger partial charge on any atom is -0.382 e. The molecular weight excluding hydrogens is 586 g/mol. The van der Waals surface area contributed by atoms with E-state index < -0.39 is 5.92 Å². The first-order valence-electron chi connectivity index (χ1n) is 15.8. The molecule has 1 atom stereocenters. The molecule has 0 amide bonds. The summed E-state index contributed by atoms with van der Waals surface area (Å²) < 4.78 is 28.4. The lowest BCUT2D eigenvalue weighted by Gasteiger charge is -2.43. The van der Waals surface area contributed by atoms with E-state index in [0.29, 0.717) is 59.2 Å². The first kappa shape index (κ1) is 29.8. The maximum Gasteiger partial charge on any atom is 0.267 e. The molecule has 0 spiro atoms. The van der Waals surface area contributed by atoms with E-state index in [1.54, 1.807) is 4.57 Å². The number of hydrogen-bond donors (Lipinski definition) is 1. The summed E-state index contributed by atoms with van der Waals surface area (Å²) in [5.41, 5.74) is 7.85. The van der Waals surface area contributed by atoms with Crippen molar-refractivity contribution in [2.24, 2.45) is 11.8 Å². The number of alkyl halides is 2. The molecule has 0 unspecified atom stereocenters. The van der Waals surface area contributed by atoms with Gasteiger partial charge in [-0.25, -0.2) is 23.7 Å². The van der Waals surface area contributed by atoms with Crippen LogP contribution in [-0.2, 0) is 0 Å². The van der Waals surface area contributed by atoms with Crippen LogP contribution in [0.3, 0.4) is 0 Å². The summed E-state index contributed by atoms with van der Waals surface area (Å²) in [6.45, 7) is 2.84. The third-order valence-electron chi connectivity index (χ3n) is 9.68. The average Bonchev–Trinajstić information content (AvgIpc) is 3.54.